The largest absolute Gasteiger partial charge is 1.00 e. The smallest absolute Gasteiger partial charge is 0.872 e. The average Bonchev–Trinajstić information content (AvgIpc) is 2.75. The standard InChI is InChI=1S/C14H10N2O6.C7H7NO3.2Na/c17-11-3-1-7(5-9(11)13(19)20)15-16-8-2-4-12(18)10(6-8)14(21)22;8-4-1-2-6(9)5(3-4)7(10)11;;/h1-6,17-18H,(H,19,20)(H,21,22);1-3,9H,8H2,(H,10,11);;/q;;2*+1/p-2. The zero-order valence-corrected chi connectivity index (χ0v) is 22.5. The number of nitrogen functional groups attached to an aromatic ring is 1. The molecule has 0 fully saturated rings. The second-order valence-corrected chi connectivity index (χ2v) is 6.25. The summed E-state index contributed by atoms with van der Waals surface area (Å²) in [7, 11) is 0. The Morgan fingerprint density at radius 2 is 1.06 bits per heavy atom. The fourth-order valence-electron chi connectivity index (χ4n) is 2.34. The number of nitrogens with zero attached hydrogens (tertiary/aromatic N) is 2. The van der Waals surface area contributed by atoms with Crippen molar-refractivity contribution in [3.8, 4) is 17.2 Å². The number of benzene rings is 3. The molecule has 0 unspecified atom stereocenters. The van der Waals surface area contributed by atoms with E-state index in [1.807, 2.05) is 0 Å². The summed E-state index contributed by atoms with van der Waals surface area (Å²) in [4.78, 5) is 32.0. The number of rotatable bonds is 5. The van der Waals surface area contributed by atoms with E-state index in [-0.39, 0.29) is 81.8 Å². The van der Waals surface area contributed by atoms with Crippen molar-refractivity contribution in [2.24, 2.45) is 10.2 Å². The average molecular weight is 499 g/mol. The maximum atomic E-state index is 11.3. The van der Waals surface area contributed by atoms with Crippen molar-refractivity contribution in [1.82, 2.24) is 0 Å². The number of hydrogen-bond donors (Lipinski definition) is 5. The summed E-state index contributed by atoms with van der Waals surface area (Å²) in [6.07, 6.45) is 0. The van der Waals surface area contributed by atoms with Gasteiger partial charge < -0.3 is 36.4 Å². The number of hydrogen-bond acceptors (Lipinski definition) is 9. The molecule has 0 bridgehead atoms. The van der Waals surface area contributed by atoms with Crippen LogP contribution >= 0.6 is 0 Å². The third-order valence-corrected chi connectivity index (χ3v) is 3.92. The Morgan fingerprint density at radius 3 is 1.40 bits per heavy atom. The molecular weight excluding hydrogens is 484 g/mol. The molecule has 0 saturated heterocycles. The quantitative estimate of drug-likeness (QED) is 0.0999. The molecule has 0 amide bonds. The molecule has 0 atom stereocenters. The van der Waals surface area contributed by atoms with Crippen LogP contribution < -0.4 is 75.1 Å². The summed E-state index contributed by atoms with van der Waals surface area (Å²) < 4.78 is 0. The van der Waals surface area contributed by atoms with Crippen molar-refractivity contribution >= 4 is 35.0 Å². The van der Waals surface area contributed by atoms with Gasteiger partial charge in [-0.25, -0.2) is 14.4 Å². The molecule has 0 saturated carbocycles. The summed E-state index contributed by atoms with van der Waals surface area (Å²) >= 11 is 0. The van der Waals surface area contributed by atoms with Gasteiger partial charge in [0.1, 0.15) is 11.3 Å². The second kappa shape index (κ2) is 14.3. The van der Waals surface area contributed by atoms with Crippen LogP contribution in [0.25, 0.3) is 0 Å². The van der Waals surface area contributed by atoms with Crippen molar-refractivity contribution in [3.63, 3.8) is 0 Å². The van der Waals surface area contributed by atoms with E-state index in [9.17, 15) is 24.6 Å². The minimum atomic E-state index is -1.38. The summed E-state index contributed by atoms with van der Waals surface area (Å²) in [6, 6.07) is 10.6. The molecule has 0 aliphatic carbocycles. The van der Waals surface area contributed by atoms with Gasteiger partial charge in [0.05, 0.1) is 22.5 Å². The fraction of sp³-hybridized carbons (Fsp3) is 0. The molecular formula is C21H15N3Na2O9. The number of carbonyl (C=O) groups is 3. The molecule has 35 heavy (non-hydrogen) atoms. The third kappa shape index (κ3) is 9.20. The van der Waals surface area contributed by atoms with E-state index in [1.54, 1.807) is 0 Å². The van der Waals surface area contributed by atoms with Crippen LogP contribution in [0.2, 0.25) is 0 Å². The molecule has 12 nitrogen and oxygen atoms in total. The van der Waals surface area contributed by atoms with E-state index in [0.29, 0.717) is 5.69 Å². The van der Waals surface area contributed by atoms with Crippen molar-refractivity contribution in [2.75, 3.05) is 5.73 Å². The molecule has 6 N–H and O–H groups in total. The van der Waals surface area contributed by atoms with Gasteiger partial charge in [-0.05, 0) is 42.5 Å². The first kappa shape index (κ1) is 31.9. The summed E-state index contributed by atoms with van der Waals surface area (Å²) in [5, 5.41) is 65.1. The van der Waals surface area contributed by atoms with Crippen LogP contribution in [0.5, 0.6) is 17.2 Å². The van der Waals surface area contributed by atoms with Crippen LogP contribution in [0, 0.1) is 0 Å². The number of carboxylic acid groups (broad SMARTS) is 3. The van der Waals surface area contributed by atoms with Gasteiger partial charge in [-0.1, -0.05) is 23.6 Å². The van der Waals surface area contributed by atoms with Gasteiger partial charge in [0.2, 0.25) is 0 Å². The zero-order valence-electron chi connectivity index (χ0n) is 18.5. The van der Waals surface area contributed by atoms with Gasteiger partial charge in [0, 0.05) is 5.69 Å². The van der Waals surface area contributed by atoms with E-state index >= 15 is 0 Å². The van der Waals surface area contributed by atoms with Crippen molar-refractivity contribution in [1.29, 1.82) is 0 Å². The first-order valence-electron chi connectivity index (χ1n) is 8.82. The van der Waals surface area contributed by atoms with E-state index in [4.69, 9.17) is 26.2 Å². The summed E-state index contributed by atoms with van der Waals surface area (Å²) in [6.45, 7) is 0. The summed E-state index contributed by atoms with van der Waals surface area (Å²) in [5.41, 5.74) is 4.76. The Kier molecular flexibility index (Phi) is 13.0. The van der Waals surface area contributed by atoms with E-state index in [1.165, 1.54) is 30.3 Å². The second-order valence-electron chi connectivity index (χ2n) is 6.25. The molecule has 0 aromatic heterocycles. The van der Waals surface area contributed by atoms with Gasteiger partial charge >= 0.3 is 77.0 Å². The van der Waals surface area contributed by atoms with E-state index < -0.39 is 40.5 Å². The maximum Gasteiger partial charge on any atom is 1.00 e. The van der Waals surface area contributed by atoms with Crippen LogP contribution in [-0.4, -0.2) is 38.3 Å². The minimum Gasteiger partial charge on any atom is -0.872 e. The van der Waals surface area contributed by atoms with Crippen molar-refractivity contribution in [2.45, 2.75) is 0 Å². The Labute approximate surface area is 242 Å². The molecule has 3 aromatic rings. The SMILES string of the molecule is Nc1ccc(O)c(C(=O)O)c1.O=C(O)c1cc(N=Nc2ccc([O-])c(C(=O)O)c2)ccc1[O-].[Na+].[Na+]. The Bertz CT molecular complexity index is 1200. The monoisotopic (exact) mass is 499 g/mol. The molecule has 170 valence electrons. The number of carboxylic acids is 3. The molecule has 0 aliphatic rings. The number of phenols is 1. The molecule has 0 aliphatic heterocycles. The predicted molar refractivity (Wildman–Crippen MR) is 109 cm³/mol. The predicted octanol–water partition coefficient (Wildman–Crippen LogP) is -3.67. The fourth-order valence-corrected chi connectivity index (χ4v) is 2.34. The number of nitrogens with two attached hydrogens (primary N) is 1. The molecule has 0 heterocycles. The van der Waals surface area contributed by atoms with E-state index in [2.05, 4.69) is 10.2 Å². The Balaban J connectivity index is 0.000000757. The Morgan fingerprint density at radius 1 is 0.657 bits per heavy atom. The van der Waals surface area contributed by atoms with Gasteiger partial charge in [0.25, 0.3) is 0 Å². The zero-order chi connectivity index (χ0) is 24.7. The van der Waals surface area contributed by atoms with Crippen molar-refractivity contribution in [3.05, 3.63) is 71.3 Å². The van der Waals surface area contributed by atoms with Crippen LogP contribution in [-0.2, 0) is 0 Å². The molecule has 0 radical (unpaired) electrons. The molecule has 14 heteroatoms. The molecule has 3 aromatic carbocycles. The molecule has 0 spiro atoms. The molecule has 3 rings (SSSR count). The first-order chi connectivity index (χ1) is 15.5. The number of azo groups is 1. The Hall–Kier alpha value is -3.13. The first-order valence-corrected chi connectivity index (χ1v) is 8.82. The van der Waals surface area contributed by atoms with Crippen LogP contribution in [0.15, 0.2) is 64.8 Å². The number of aromatic carboxylic acids is 3. The number of aromatic hydroxyl groups is 1. The maximum absolute atomic E-state index is 11.3. The number of anilines is 1. The van der Waals surface area contributed by atoms with Gasteiger partial charge in [0.15, 0.2) is 0 Å². The van der Waals surface area contributed by atoms with Crippen molar-refractivity contribution < 1.29 is 104 Å². The van der Waals surface area contributed by atoms with Gasteiger partial charge in [-0.2, -0.15) is 10.2 Å². The minimum absolute atomic E-state index is 0. The third-order valence-electron chi connectivity index (χ3n) is 3.92. The van der Waals surface area contributed by atoms with Crippen LogP contribution in [0.4, 0.5) is 17.1 Å². The topological polar surface area (TPSA) is 229 Å². The van der Waals surface area contributed by atoms with Crippen LogP contribution in [0.1, 0.15) is 31.1 Å². The van der Waals surface area contributed by atoms with Gasteiger partial charge in [-0.15, -0.1) is 0 Å². The summed E-state index contributed by atoms with van der Waals surface area (Å²) in [5.74, 6) is -5.54. The normalized spacial score (nSPS) is 9.71. The van der Waals surface area contributed by atoms with E-state index in [0.717, 1.165) is 24.3 Å². The van der Waals surface area contributed by atoms with Crippen LogP contribution in [0.3, 0.4) is 0 Å². The van der Waals surface area contributed by atoms with Gasteiger partial charge in [-0.3, -0.25) is 0 Å².